The van der Waals surface area contributed by atoms with Gasteiger partial charge in [0.05, 0.1) is 11.0 Å². The number of para-hydroxylation sites is 2. The summed E-state index contributed by atoms with van der Waals surface area (Å²) in [7, 11) is 0. The molecule has 0 amide bonds. The minimum atomic E-state index is 0.473. The maximum atomic E-state index is 4.77. The number of pyridine rings is 1. The van der Waals surface area contributed by atoms with Crippen LogP contribution in [0.4, 0.5) is 0 Å². The summed E-state index contributed by atoms with van der Waals surface area (Å²) < 4.78 is 0. The van der Waals surface area contributed by atoms with Crippen molar-refractivity contribution in [3.63, 3.8) is 0 Å². The van der Waals surface area contributed by atoms with Crippen LogP contribution in [0.1, 0.15) is 25.3 Å². The topological polar surface area (TPSA) is 12.9 Å². The van der Waals surface area contributed by atoms with E-state index in [4.69, 9.17) is 4.98 Å². The Bertz CT molecular complexity index is 682. The first-order chi connectivity index (χ1) is 9.79. The van der Waals surface area contributed by atoms with Gasteiger partial charge in [0.25, 0.3) is 0 Å². The van der Waals surface area contributed by atoms with E-state index >= 15 is 0 Å². The molecule has 1 heterocycles. The third-order valence-electron chi connectivity index (χ3n) is 3.90. The van der Waals surface area contributed by atoms with Gasteiger partial charge in [-0.1, -0.05) is 43.3 Å². The molecule has 0 N–H and O–H groups in total. The van der Waals surface area contributed by atoms with Gasteiger partial charge in [-0.2, -0.15) is 12.6 Å². The molecule has 0 saturated carbocycles. The van der Waals surface area contributed by atoms with Crippen LogP contribution in [0.25, 0.3) is 21.8 Å². The van der Waals surface area contributed by atoms with Gasteiger partial charge in [0.15, 0.2) is 0 Å². The van der Waals surface area contributed by atoms with Gasteiger partial charge in [-0.3, -0.25) is 0 Å². The van der Waals surface area contributed by atoms with E-state index in [2.05, 4.69) is 68.1 Å². The third kappa shape index (κ3) is 2.53. The second-order valence-corrected chi connectivity index (χ2v) is 5.96. The predicted octanol–water partition coefficient (Wildman–Crippen LogP) is 5.03. The van der Waals surface area contributed by atoms with Crippen molar-refractivity contribution in [2.45, 2.75) is 31.4 Å². The minimum Gasteiger partial charge on any atom is -0.248 e. The van der Waals surface area contributed by atoms with Crippen LogP contribution < -0.4 is 0 Å². The van der Waals surface area contributed by atoms with Gasteiger partial charge in [0.2, 0.25) is 0 Å². The molecule has 102 valence electrons. The summed E-state index contributed by atoms with van der Waals surface area (Å²) in [6.45, 7) is 2.19. The van der Waals surface area contributed by atoms with E-state index in [0.717, 1.165) is 30.3 Å². The second-order valence-electron chi connectivity index (χ2n) is 5.23. The third-order valence-corrected chi connectivity index (χ3v) is 4.52. The van der Waals surface area contributed by atoms with Crippen LogP contribution in [-0.4, -0.2) is 10.2 Å². The van der Waals surface area contributed by atoms with E-state index in [0.29, 0.717) is 5.25 Å². The first-order valence-corrected chi connectivity index (χ1v) is 7.75. The second kappa shape index (κ2) is 5.84. The highest BCUT2D eigenvalue weighted by Crippen LogP contribution is 2.27. The molecular formula is C18H19NS. The van der Waals surface area contributed by atoms with Crippen molar-refractivity contribution < 1.29 is 0 Å². The van der Waals surface area contributed by atoms with Gasteiger partial charge in [0, 0.05) is 16.0 Å². The number of thiol groups is 1. The normalized spacial score (nSPS) is 12.9. The Morgan fingerprint density at radius 2 is 1.50 bits per heavy atom. The van der Waals surface area contributed by atoms with Crippen LogP contribution in [0.5, 0.6) is 0 Å². The van der Waals surface area contributed by atoms with Crippen molar-refractivity contribution in [2.75, 3.05) is 0 Å². The molecule has 0 fully saturated rings. The average molecular weight is 281 g/mol. The van der Waals surface area contributed by atoms with Crippen molar-refractivity contribution >= 4 is 34.4 Å². The molecule has 0 saturated heterocycles. The molecule has 1 aromatic heterocycles. The number of benzene rings is 2. The van der Waals surface area contributed by atoms with Gasteiger partial charge >= 0.3 is 0 Å². The summed E-state index contributed by atoms with van der Waals surface area (Å²) in [5, 5.41) is 3.03. The molecule has 2 heteroatoms. The summed E-state index contributed by atoms with van der Waals surface area (Å²) in [4.78, 5) is 4.77. The lowest BCUT2D eigenvalue weighted by Gasteiger charge is -2.13. The van der Waals surface area contributed by atoms with E-state index in [1.807, 2.05) is 0 Å². The standard InChI is InChI=1S/C18H19NS/c1-2-13(20)11-12-14-15-7-3-5-9-17(15)19-18-10-6-4-8-16(14)18/h3-10,13,20H,2,11-12H2,1H3. The fourth-order valence-electron chi connectivity index (χ4n) is 2.71. The van der Waals surface area contributed by atoms with Gasteiger partial charge in [-0.15, -0.1) is 0 Å². The molecule has 0 bridgehead atoms. The van der Waals surface area contributed by atoms with E-state index < -0.39 is 0 Å². The van der Waals surface area contributed by atoms with E-state index in [9.17, 15) is 0 Å². The van der Waals surface area contributed by atoms with Crippen molar-refractivity contribution in [1.29, 1.82) is 0 Å². The smallest absolute Gasteiger partial charge is 0.0712 e. The molecule has 0 aliphatic rings. The number of hydrogen-bond acceptors (Lipinski definition) is 2. The Hall–Kier alpha value is -1.54. The number of hydrogen-bond donors (Lipinski definition) is 1. The highest BCUT2D eigenvalue weighted by molar-refractivity contribution is 7.80. The maximum Gasteiger partial charge on any atom is 0.0712 e. The summed E-state index contributed by atoms with van der Waals surface area (Å²) in [6.07, 6.45) is 3.28. The zero-order chi connectivity index (χ0) is 13.9. The predicted molar refractivity (Wildman–Crippen MR) is 90.6 cm³/mol. The summed E-state index contributed by atoms with van der Waals surface area (Å²) in [5.74, 6) is 0. The van der Waals surface area contributed by atoms with Crippen LogP contribution in [0.15, 0.2) is 48.5 Å². The van der Waals surface area contributed by atoms with Gasteiger partial charge in [-0.05, 0) is 37.0 Å². The highest BCUT2D eigenvalue weighted by atomic mass is 32.1. The fourth-order valence-corrected chi connectivity index (χ4v) is 2.84. The van der Waals surface area contributed by atoms with Crippen molar-refractivity contribution in [2.24, 2.45) is 0 Å². The lowest BCUT2D eigenvalue weighted by molar-refractivity contribution is 0.745. The Balaban J connectivity index is 2.17. The number of rotatable bonds is 4. The molecule has 3 aromatic rings. The molecule has 2 aromatic carbocycles. The quantitative estimate of drug-likeness (QED) is 0.523. The Morgan fingerprint density at radius 3 is 2.05 bits per heavy atom. The fraction of sp³-hybridized carbons (Fsp3) is 0.278. The molecular weight excluding hydrogens is 262 g/mol. The van der Waals surface area contributed by atoms with Crippen LogP contribution in [0, 0.1) is 0 Å². The number of aromatic nitrogens is 1. The Labute approximate surface area is 125 Å². The lowest BCUT2D eigenvalue weighted by Crippen LogP contribution is -2.00. The lowest BCUT2D eigenvalue weighted by atomic mass is 9.97. The molecule has 0 spiro atoms. The minimum absolute atomic E-state index is 0.473. The number of fused-ring (bicyclic) bond motifs is 2. The molecule has 1 unspecified atom stereocenters. The monoisotopic (exact) mass is 281 g/mol. The Kier molecular flexibility index (Phi) is 3.93. The SMILES string of the molecule is CCC(S)CCc1c2ccccc2nc2ccccc12. The van der Waals surface area contributed by atoms with E-state index in [-0.39, 0.29) is 0 Å². The Morgan fingerprint density at radius 1 is 0.950 bits per heavy atom. The molecule has 20 heavy (non-hydrogen) atoms. The largest absolute Gasteiger partial charge is 0.248 e. The molecule has 0 aliphatic carbocycles. The molecule has 0 aliphatic heterocycles. The van der Waals surface area contributed by atoms with Crippen LogP contribution in [-0.2, 0) is 6.42 Å². The van der Waals surface area contributed by atoms with E-state index in [1.165, 1.54) is 16.3 Å². The van der Waals surface area contributed by atoms with Crippen molar-refractivity contribution in [1.82, 2.24) is 4.98 Å². The molecule has 0 radical (unpaired) electrons. The van der Waals surface area contributed by atoms with Gasteiger partial charge in [0.1, 0.15) is 0 Å². The van der Waals surface area contributed by atoms with Crippen LogP contribution >= 0.6 is 12.6 Å². The van der Waals surface area contributed by atoms with Gasteiger partial charge in [-0.25, -0.2) is 4.98 Å². The van der Waals surface area contributed by atoms with Crippen molar-refractivity contribution in [3.05, 3.63) is 54.1 Å². The van der Waals surface area contributed by atoms with Crippen molar-refractivity contribution in [3.8, 4) is 0 Å². The first-order valence-electron chi connectivity index (χ1n) is 7.24. The van der Waals surface area contributed by atoms with E-state index in [1.54, 1.807) is 0 Å². The number of aryl methyl sites for hydroxylation is 1. The van der Waals surface area contributed by atoms with Crippen LogP contribution in [0.3, 0.4) is 0 Å². The highest BCUT2D eigenvalue weighted by Gasteiger charge is 2.09. The average Bonchev–Trinajstić information content (AvgIpc) is 2.51. The summed E-state index contributed by atoms with van der Waals surface area (Å²) in [6, 6.07) is 16.9. The molecule has 3 rings (SSSR count). The zero-order valence-electron chi connectivity index (χ0n) is 11.7. The number of nitrogens with zero attached hydrogens (tertiary/aromatic N) is 1. The molecule has 1 nitrogen and oxygen atoms in total. The van der Waals surface area contributed by atoms with Crippen LogP contribution in [0.2, 0.25) is 0 Å². The summed E-state index contributed by atoms with van der Waals surface area (Å²) in [5.41, 5.74) is 3.60. The maximum absolute atomic E-state index is 4.77. The molecule has 1 atom stereocenters. The summed E-state index contributed by atoms with van der Waals surface area (Å²) >= 11 is 4.63. The first kappa shape index (κ1) is 13.4. The van der Waals surface area contributed by atoms with Gasteiger partial charge < -0.3 is 0 Å². The zero-order valence-corrected chi connectivity index (χ0v) is 12.6.